The van der Waals surface area contributed by atoms with E-state index in [0.29, 0.717) is 0 Å². The van der Waals surface area contributed by atoms with Gasteiger partial charge in [0, 0.05) is 10.9 Å². The predicted octanol–water partition coefficient (Wildman–Crippen LogP) is 4.66. The number of para-hydroxylation sites is 1. The van der Waals surface area contributed by atoms with Crippen molar-refractivity contribution in [2.45, 2.75) is 0 Å². The number of carboxylic acids is 1. The molecular weight excluding hydrogens is 292 g/mol. The van der Waals surface area contributed by atoms with Crippen LogP contribution in [0, 0.1) is 0 Å². The minimum atomic E-state index is -1.15. The van der Waals surface area contributed by atoms with Gasteiger partial charge in [-0.2, -0.15) is 0 Å². The first-order chi connectivity index (χ1) is 11.1. The summed E-state index contributed by atoms with van der Waals surface area (Å²) in [5.41, 5.74) is 1.55. The second kappa shape index (κ2) is 4.88. The Kier molecular flexibility index (Phi) is 2.84. The monoisotopic (exact) mass is 304 g/mol. The Hall–Kier alpha value is -3.27. The number of phenols is 1. The number of carbonyl (C=O) groups is 1. The van der Waals surface area contributed by atoms with Crippen molar-refractivity contribution in [3.8, 4) is 17.1 Å². The van der Waals surface area contributed by atoms with Gasteiger partial charge in [-0.05, 0) is 41.1 Å². The fourth-order valence-corrected chi connectivity index (χ4v) is 2.73. The second-order valence-electron chi connectivity index (χ2n) is 5.38. The number of aromatic hydroxyl groups is 1. The van der Waals surface area contributed by atoms with Crippen LogP contribution in [0.2, 0.25) is 0 Å². The van der Waals surface area contributed by atoms with Gasteiger partial charge >= 0.3 is 5.97 Å². The minimum absolute atomic E-state index is 0.112. The highest BCUT2D eigenvalue weighted by molar-refractivity contribution is 5.98. The molecule has 23 heavy (non-hydrogen) atoms. The van der Waals surface area contributed by atoms with Gasteiger partial charge in [0.15, 0.2) is 0 Å². The maximum Gasteiger partial charge on any atom is 0.339 e. The Morgan fingerprint density at radius 1 is 0.870 bits per heavy atom. The van der Waals surface area contributed by atoms with Gasteiger partial charge in [0.1, 0.15) is 22.7 Å². The number of hydrogen-bond acceptors (Lipinski definition) is 3. The number of benzene rings is 3. The number of fused-ring (bicyclic) bond motifs is 2. The normalized spacial score (nSPS) is 11.1. The topological polar surface area (TPSA) is 70.7 Å². The third kappa shape index (κ3) is 2.21. The highest BCUT2D eigenvalue weighted by Crippen LogP contribution is 2.32. The van der Waals surface area contributed by atoms with Crippen LogP contribution in [0.3, 0.4) is 0 Å². The van der Waals surface area contributed by atoms with Crippen molar-refractivity contribution in [3.05, 3.63) is 66.2 Å². The largest absolute Gasteiger partial charge is 0.507 e. The minimum Gasteiger partial charge on any atom is -0.507 e. The number of aromatic carboxylic acids is 1. The summed E-state index contributed by atoms with van der Waals surface area (Å²) in [4.78, 5) is 11.2. The molecule has 0 radical (unpaired) electrons. The zero-order chi connectivity index (χ0) is 16.0. The van der Waals surface area contributed by atoms with Crippen molar-refractivity contribution in [2.75, 3.05) is 0 Å². The highest BCUT2D eigenvalue weighted by Gasteiger charge is 2.12. The zero-order valence-electron chi connectivity index (χ0n) is 12.0. The summed E-state index contributed by atoms with van der Waals surface area (Å²) in [5.74, 6) is -0.668. The van der Waals surface area contributed by atoms with Crippen LogP contribution in [0.5, 0.6) is 5.75 Å². The molecule has 4 heteroatoms. The molecule has 4 rings (SSSR count). The van der Waals surface area contributed by atoms with Crippen molar-refractivity contribution in [3.63, 3.8) is 0 Å². The van der Waals surface area contributed by atoms with Crippen LogP contribution in [-0.4, -0.2) is 16.2 Å². The lowest BCUT2D eigenvalue weighted by Gasteiger charge is -2.05. The van der Waals surface area contributed by atoms with Gasteiger partial charge in [-0.25, -0.2) is 4.79 Å². The van der Waals surface area contributed by atoms with Gasteiger partial charge in [-0.3, -0.25) is 0 Å². The average molecular weight is 304 g/mol. The van der Waals surface area contributed by atoms with E-state index in [1.54, 1.807) is 0 Å². The third-order valence-corrected chi connectivity index (χ3v) is 3.90. The summed E-state index contributed by atoms with van der Waals surface area (Å²) in [6, 6.07) is 18.2. The highest BCUT2D eigenvalue weighted by atomic mass is 16.4. The van der Waals surface area contributed by atoms with Crippen molar-refractivity contribution >= 4 is 27.7 Å². The Labute approximate surface area is 131 Å². The van der Waals surface area contributed by atoms with Crippen molar-refractivity contribution < 1.29 is 19.4 Å². The maximum absolute atomic E-state index is 11.2. The molecule has 0 spiro atoms. The summed E-state index contributed by atoms with van der Waals surface area (Å²) < 4.78 is 5.84. The summed E-state index contributed by atoms with van der Waals surface area (Å²) in [7, 11) is 0. The van der Waals surface area contributed by atoms with Crippen LogP contribution in [0.1, 0.15) is 10.4 Å². The molecule has 0 bridgehead atoms. The third-order valence-electron chi connectivity index (χ3n) is 3.90. The molecule has 2 N–H and O–H groups in total. The van der Waals surface area contributed by atoms with E-state index in [2.05, 4.69) is 0 Å². The zero-order valence-corrected chi connectivity index (χ0v) is 12.0. The van der Waals surface area contributed by atoms with E-state index < -0.39 is 5.97 Å². The molecule has 1 aromatic heterocycles. The van der Waals surface area contributed by atoms with Crippen LogP contribution in [0.15, 0.2) is 65.1 Å². The molecule has 0 saturated heterocycles. The molecule has 1 heterocycles. The quantitative estimate of drug-likeness (QED) is 0.565. The number of rotatable bonds is 2. The molecule has 0 aliphatic rings. The molecule has 4 aromatic rings. The van der Waals surface area contributed by atoms with E-state index >= 15 is 0 Å². The molecule has 0 atom stereocenters. The fourth-order valence-electron chi connectivity index (χ4n) is 2.73. The van der Waals surface area contributed by atoms with Crippen LogP contribution >= 0.6 is 0 Å². The molecule has 0 aliphatic carbocycles. The van der Waals surface area contributed by atoms with Crippen LogP contribution in [-0.2, 0) is 0 Å². The first-order valence-electron chi connectivity index (χ1n) is 7.11. The van der Waals surface area contributed by atoms with Crippen molar-refractivity contribution in [1.29, 1.82) is 0 Å². The molecule has 0 unspecified atom stereocenters. The summed E-state index contributed by atoms with van der Waals surface area (Å²) in [6.07, 6.45) is 0. The smallest absolute Gasteiger partial charge is 0.339 e. The molecule has 0 aliphatic heterocycles. The van der Waals surface area contributed by atoms with E-state index in [9.17, 15) is 9.90 Å². The SMILES string of the molecule is O=C(O)c1cc2cc(-c3cc4ccccc4o3)ccc2cc1O. The van der Waals surface area contributed by atoms with E-state index in [-0.39, 0.29) is 11.3 Å². The number of carboxylic acid groups (broad SMARTS) is 1. The molecule has 0 amide bonds. The Morgan fingerprint density at radius 2 is 1.70 bits per heavy atom. The van der Waals surface area contributed by atoms with Crippen molar-refractivity contribution in [1.82, 2.24) is 0 Å². The Morgan fingerprint density at radius 3 is 2.48 bits per heavy atom. The predicted molar refractivity (Wildman–Crippen MR) is 87.8 cm³/mol. The van der Waals surface area contributed by atoms with Gasteiger partial charge < -0.3 is 14.6 Å². The van der Waals surface area contributed by atoms with E-state index in [0.717, 1.165) is 33.1 Å². The lowest BCUT2D eigenvalue weighted by Crippen LogP contribution is -1.96. The van der Waals surface area contributed by atoms with Gasteiger partial charge in [-0.1, -0.05) is 30.3 Å². The summed E-state index contributed by atoms with van der Waals surface area (Å²) >= 11 is 0. The summed E-state index contributed by atoms with van der Waals surface area (Å²) in [5, 5.41) is 21.4. The molecule has 3 aromatic carbocycles. The average Bonchev–Trinajstić information content (AvgIpc) is 2.97. The van der Waals surface area contributed by atoms with Gasteiger partial charge in [-0.15, -0.1) is 0 Å². The lowest BCUT2D eigenvalue weighted by molar-refractivity contribution is 0.0694. The molecule has 0 saturated carbocycles. The molecular formula is C19H12O4. The van der Waals surface area contributed by atoms with Crippen LogP contribution in [0.4, 0.5) is 0 Å². The van der Waals surface area contributed by atoms with Gasteiger partial charge in [0.05, 0.1) is 0 Å². The first-order valence-corrected chi connectivity index (χ1v) is 7.11. The fraction of sp³-hybridized carbons (Fsp3) is 0. The Bertz CT molecular complexity index is 1030. The number of hydrogen-bond donors (Lipinski definition) is 2. The Balaban J connectivity index is 1.90. The number of furan rings is 1. The first kappa shape index (κ1) is 13.4. The second-order valence-corrected chi connectivity index (χ2v) is 5.38. The lowest BCUT2D eigenvalue weighted by atomic mass is 10.0. The molecule has 112 valence electrons. The maximum atomic E-state index is 11.2. The van der Waals surface area contributed by atoms with Crippen LogP contribution in [0.25, 0.3) is 33.1 Å². The summed E-state index contributed by atoms with van der Waals surface area (Å²) in [6.45, 7) is 0. The van der Waals surface area contributed by atoms with E-state index in [1.807, 2.05) is 48.5 Å². The molecule has 0 fully saturated rings. The van der Waals surface area contributed by atoms with E-state index in [1.165, 1.54) is 12.1 Å². The van der Waals surface area contributed by atoms with E-state index in [4.69, 9.17) is 9.52 Å². The van der Waals surface area contributed by atoms with Gasteiger partial charge in [0.2, 0.25) is 0 Å². The van der Waals surface area contributed by atoms with Gasteiger partial charge in [0.25, 0.3) is 0 Å². The standard InChI is InChI=1S/C19H12O4/c20-16-9-11-5-6-13(7-14(11)8-15(16)19(21)22)18-10-12-3-1-2-4-17(12)23-18/h1-10,20H,(H,21,22). The molecule has 4 nitrogen and oxygen atoms in total. The van der Waals surface area contributed by atoms with Crippen LogP contribution < -0.4 is 0 Å². The van der Waals surface area contributed by atoms with Crippen molar-refractivity contribution in [2.24, 2.45) is 0 Å².